The zero-order valence-electron chi connectivity index (χ0n) is 9.29. The maximum atomic E-state index is 11.6. The third-order valence-electron chi connectivity index (χ3n) is 1.48. The van der Waals surface area contributed by atoms with Gasteiger partial charge in [0.2, 0.25) is 5.91 Å². The average Bonchev–Trinajstić information content (AvgIpc) is 2.03. The predicted octanol–water partition coefficient (Wildman–Crippen LogP) is 2.27. The monoisotopic (exact) mass is 194 g/mol. The summed E-state index contributed by atoms with van der Waals surface area (Å²) in [4.78, 5) is 15.5. The molecule has 0 aliphatic rings. The molecule has 0 radical (unpaired) electrons. The van der Waals surface area contributed by atoms with Crippen molar-refractivity contribution in [1.82, 2.24) is 5.32 Å². The molecular formula is C11H18N2O. The van der Waals surface area contributed by atoms with Crippen LogP contribution in [0.1, 0.15) is 27.7 Å². The highest BCUT2D eigenvalue weighted by Gasteiger charge is 2.21. The molecule has 0 saturated carbocycles. The molecule has 0 atom stereocenters. The predicted molar refractivity (Wildman–Crippen MR) is 60.0 cm³/mol. The summed E-state index contributed by atoms with van der Waals surface area (Å²) in [7, 11) is 0. The number of carbonyl (C=O) groups is 1. The second kappa shape index (κ2) is 5.37. The SMILES string of the molecule is C=CN=C(/C=C\C)NC(=O)C(C)(C)C. The van der Waals surface area contributed by atoms with Crippen LogP contribution in [0.3, 0.4) is 0 Å². The van der Waals surface area contributed by atoms with Crippen molar-refractivity contribution >= 4 is 11.7 Å². The number of rotatable bonds is 2. The van der Waals surface area contributed by atoms with Gasteiger partial charge in [0.05, 0.1) is 0 Å². The smallest absolute Gasteiger partial charge is 0.230 e. The lowest BCUT2D eigenvalue weighted by molar-refractivity contribution is -0.126. The van der Waals surface area contributed by atoms with E-state index in [0.29, 0.717) is 5.84 Å². The van der Waals surface area contributed by atoms with E-state index in [0.717, 1.165) is 0 Å². The summed E-state index contributed by atoms with van der Waals surface area (Å²) in [5, 5.41) is 2.71. The summed E-state index contributed by atoms with van der Waals surface area (Å²) in [6, 6.07) is 0. The fourth-order valence-corrected chi connectivity index (χ4v) is 0.677. The van der Waals surface area contributed by atoms with Gasteiger partial charge < -0.3 is 5.32 Å². The van der Waals surface area contributed by atoms with Crippen molar-refractivity contribution in [2.24, 2.45) is 10.4 Å². The number of hydrogen-bond acceptors (Lipinski definition) is 2. The number of aliphatic imine (C=N–C) groups is 1. The summed E-state index contributed by atoms with van der Waals surface area (Å²) in [6.07, 6.45) is 4.94. The average molecular weight is 194 g/mol. The third-order valence-corrected chi connectivity index (χ3v) is 1.48. The highest BCUT2D eigenvalue weighted by molar-refractivity contribution is 6.05. The van der Waals surface area contributed by atoms with Gasteiger partial charge in [-0.3, -0.25) is 4.79 Å². The lowest BCUT2D eigenvalue weighted by Crippen LogP contribution is -2.38. The first kappa shape index (κ1) is 12.6. The van der Waals surface area contributed by atoms with E-state index in [4.69, 9.17) is 0 Å². The summed E-state index contributed by atoms with van der Waals surface area (Å²) in [5.74, 6) is 0.457. The molecule has 0 fully saturated rings. The van der Waals surface area contributed by atoms with Gasteiger partial charge in [-0.1, -0.05) is 33.4 Å². The Bertz CT molecular complexity index is 270. The number of nitrogens with zero attached hydrogens (tertiary/aromatic N) is 1. The van der Waals surface area contributed by atoms with E-state index in [9.17, 15) is 4.79 Å². The van der Waals surface area contributed by atoms with Crippen molar-refractivity contribution in [3.8, 4) is 0 Å². The van der Waals surface area contributed by atoms with Crippen LogP contribution in [0.5, 0.6) is 0 Å². The number of allylic oxidation sites excluding steroid dienone is 1. The lowest BCUT2D eigenvalue weighted by Gasteiger charge is -2.17. The third kappa shape index (κ3) is 4.60. The number of hydrogen-bond donors (Lipinski definition) is 1. The molecule has 0 aromatic heterocycles. The lowest BCUT2D eigenvalue weighted by atomic mass is 9.96. The first-order valence-electron chi connectivity index (χ1n) is 4.54. The number of amidine groups is 1. The topological polar surface area (TPSA) is 41.5 Å². The molecule has 0 aromatic rings. The Morgan fingerprint density at radius 3 is 2.36 bits per heavy atom. The van der Waals surface area contributed by atoms with Crippen LogP contribution in [0.15, 0.2) is 29.9 Å². The molecule has 78 valence electrons. The van der Waals surface area contributed by atoms with Crippen molar-refractivity contribution in [3.63, 3.8) is 0 Å². The van der Waals surface area contributed by atoms with Crippen LogP contribution >= 0.6 is 0 Å². The molecule has 1 N–H and O–H groups in total. The molecule has 0 aromatic carbocycles. The van der Waals surface area contributed by atoms with Gasteiger partial charge in [-0.2, -0.15) is 0 Å². The normalized spacial score (nSPS) is 13.0. The highest BCUT2D eigenvalue weighted by Crippen LogP contribution is 2.12. The van der Waals surface area contributed by atoms with Crippen LogP contribution in [-0.2, 0) is 4.79 Å². The van der Waals surface area contributed by atoms with Crippen LogP contribution in [-0.4, -0.2) is 11.7 Å². The maximum Gasteiger partial charge on any atom is 0.230 e. The van der Waals surface area contributed by atoms with Gasteiger partial charge in [-0.05, 0) is 13.0 Å². The molecule has 0 unspecified atom stereocenters. The first-order chi connectivity index (χ1) is 6.41. The number of nitrogens with one attached hydrogen (secondary N) is 1. The Morgan fingerprint density at radius 1 is 1.43 bits per heavy atom. The molecule has 3 nitrogen and oxygen atoms in total. The van der Waals surface area contributed by atoms with Crippen molar-refractivity contribution in [2.45, 2.75) is 27.7 Å². The van der Waals surface area contributed by atoms with Crippen molar-refractivity contribution in [1.29, 1.82) is 0 Å². The van der Waals surface area contributed by atoms with E-state index in [2.05, 4.69) is 16.9 Å². The standard InChI is InChI=1S/C11H18N2O/c1-6-8-9(12-7-2)13-10(14)11(3,4)5/h6-8H,2H2,1,3-5H3,(H,12,13,14)/b8-6-. The summed E-state index contributed by atoms with van der Waals surface area (Å²) < 4.78 is 0. The Kier molecular flexibility index (Phi) is 4.84. The van der Waals surface area contributed by atoms with Crippen molar-refractivity contribution in [2.75, 3.05) is 0 Å². The van der Waals surface area contributed by atoms with Gasteiger partial charge in [-0.15, -0.1) is 0 Å². The van der Waals surface area contributed by atoms with Gasteiger partial charge in [-0.25, -0.2) is 4.99 Å². The minimum Gasteiger partial charge on any atom is -0.310 e. The zero-order valence-corrected chi connectivity index (χ0v) is 9.29. The summed E-state index contributed by atoms with van der Waals surface area (Å²) in [6.45, 7) is 10.9. The van der Waals surface area contributed by atoms with Crippen molar-refractivity contribution in [3.05, 3.63) is 24.9 Å². The quantitative estimate of drug-likeness (QED) is 0.531. The molecule has 3 heteroatoms. The van der Waals surface area contributed by atoms with E-state index >= 15 is 0 Å². The minimum atomic E-state index is -0.413. The van der Waals surface area contributed by atoms with Gasteiger partial charge in [0.15, 0.2) is 0 Å². The van der Waals surface area contributed by atoms with Gasteiger partial charge in [0.1, 0.15) is 5.84 Å². The van der Waals surface area contributed by atoms with Crippen LogP contribution < -0.4 is 5.32 Å². The van der Waals surface area contributed by atoms with Crippen LogP contribution in [0.2, 0.25) is 0 Å². The Morgan fingerprint density at radius 2 is 2.00 bits per heavy atom. The van der Waals surface area contributed by atoms with E-state index < -0.39 is 5.41 Å². The van der Waals surface area contributed by atoms with Crippen LogP contribution in [0, 0.1) is 5.41 Å². The second-order valence-corrected chi connectivity index (χ2v) is 3.90. The van der Waals surface area contributed by atoms with Gasteiger partial charge >= 0.3 is 0 Å². The molecule has 14 heavy (non-hydrogen) atoms. The molecule has 0 aliphatic heterocycles. The van der Waals surface area contributed by atoms with Crippen LogP contribution in [0.25, 0.3) is 0 Å². The first-order valence-corrected chi connectivity index (χ1v) is 4.54. The largest absolute Gasteiger partial charge is 0.310 e. The van der Waals surface area contributed by atoms with E-state index in [-0.39, 0.29) is 5.91 Å². The minimum absolute atomic E-state index is 0.0591. The Balaban J connectivity index is 4.55. The summed E-state index contributed by atoms with van der Waals surface area (Å²) >= 11 is 0. The highest BCUT2D eigenvalue weighted by atomic mass is 16.2. The Labute approximate surface area is 85.6 Å². The zero-order chi connectivity index (χ0) is 11.2. The van der Waals surface area contributed by atoms with E-state index in [1.807, 2.05) is 33.8 Å². The molecule has 1 amide bonds. The fraction of sp³-hybridized carbons (Fsp3) is 0.455. The molecule has 0 rings (SSSR count). The molecule has 0 saturated heterocycles. The number of carbonyl (C=O) groups excluding carboxylic acids is 1. The van der Waals surface area contributed by atoms with E-state index in [1.54, 1.807) is 6.08 Å². The molecular weight excluding hydrogens is 176 g/mol. The van der Waals surface area contributed by atoms with Gasteiger partial charge in [0.25, 0.3) is 0 Å². The molecule has 0 bridgehead atoms. The number of amides is 1. The summed E-state index contributed by atoms with van der Waals surface area (Å²) in [5.41, 5.74) is -0.413. The van der Waals surface area contributed by atoms with Gasteiger partial charge in [0, 0.05) is 11.6 Å². The molecule has 0 aliphatic carbocycles. The Hall–Kier alpha value is -1.38. The molecule has 0 spiro atoms. The van der Waals surface area contributed by atoms with Crippen LogP contribution in [0.4, 0.5) is 0 Å². The van der Waals surface area contributed by atoms with Crippen molar-refractivity contribution < 1.29 is 4.79 Å². The maximum absolute atomic E-state index is 11.6. The van der Waals surface area contributed by atoms with E-state index in [1.165, 1.54) is 6.20 Å². The molecule has 0 heterocycles. The second-order valence-electron chi connectivity index (χ2n) is 3.90. The fourth-order valence-electron chi connectivity index (χ4n) is 0.677.